The Morgan fingerprint density at radius 3 is 2.72 bits per heavy atom. The number of anilines is 1. The molecular formula is C34H37F3N2O6S. The largest absolute Gasteiger partial charge is 0.398 e. The summed E-state index contributed by atoms with van der Waals surface area (Å²) in [5, 5.41) is 20.5. The van der Waals surface area contributed by atoms with E-state index in [0.717, 1.165) is 11.6 Å². The van der Waals surface area contributed by atoms with Gasteiger partial charge in [0.2, 0.25) is 5.12 Å². The zero-order chi connectivity index (χ0) is 32.8. The molecule has 1 aromatic carbocycles. The highest BCUT2D eigenvalue weighted by molar-refractivity contribution is 8.13. The van der Waals surface area contributed by atoms with Crippen molar-refractivity contribution in [3.63, 3.8) is 0 Å². The number of halogens is 3. The van der Waals surface area contributed by atoms with Gasteiger partial charge in [0, 0.05) is 52.5 Å². The number of thioether (sulfide) groups is 1. The zero-order valence-electron chi connectivity index (χ0n) is 25.5. The number of rotatable bonds is 6. The number of hydrogen-bond donors (Lipinski definition) is 3. The number of allylic oxidation sites excluding steroid dienone is 4. The molecule has 1 saturated heterocycles. The normalized spacial score (nSPS) is 41.0. The number of carbonyl (C=O) groups excluding carboxylic acids is 2. The molecule has 10 atom stereocenters. The lowest BCUT2D eigenvalue weighted by Gasteiger charge is -2.63. The van der Waals surface area contributed by atoms with E-state index in [2.05, 4.69) is 0 Å². The number of nitrogens with zero attached hydrogens (tertiary/aromatic N) is 1. The molecule has 2 heterocycles. The molecule has 3 saturated carbocycles. The van der Waals surface area contributed by atoms with Crippen molar-refractivity contribution < 1.29 is 42.4 Å². The Kier molecular flexibility index (Phi) is 7.45. The van der Waals surface area contributed by atoms with Crippen LogP contribution in [0.5, 0.6) is 0 Å². The van der Waals surface area contributed by atoms with Crippen LogP contribution in [-0.2, 0) is 32.2 Å². The molecule has 4 aliphatic carbocycles. The Labute approximate surface area is 268 Å². The predicted octanol–water partition coefficient (Wildman–Crippen LogP) is 4.88. The molecule has 4 fully saturated rings. The van der Waals surface area contributed by atoms with Gasteiger partial charge >= 0.3 is 0 Å². The highest BCUT2D eigenvalue weighted by atomic mass is 32.2. The number of ether oxygens (including phenoxy) is 2. The number of nitrogens with two attached hydrogens (primary N) is 1. The van der Waals surface area contributed by atoms with Crippen molar-refractivity contribution in [1.82, 2.24) is 4.57 Å². The molecule has 0 radical (unpaired) electrons. The van der Waals surface area contributed by atoms with E-state index < -0.39 is 75.5 Å². The number of fused-ring (bicyclic) bond motifs is 7. The molecule has 246 valence electrons. The molecule has 2 aromatic rings. The summed E-state index contributed by atoms with van der Waals surface area (Å²) < 4.78 is 62.1. The van der Waals surface area contributed by atoms with Crippen molar-refractivity contribution in [3.8, 4) is 0 Å². The molecule has 0 bridgehead atoms. The number of nitrogen functional groups attached to an aromatic ring is 1. The van der Waals surface area contributed by atoms with E-state index in [9.17, 15) is 24.2 Å². The molecule has 4 N–H and O–H groups in total. The van der Waals surface area contributed by atoms with Crippen LogP contribution in [0, 0.1) is 22.7 Å². The summed E-state index contributed by atoms with van der Waals surface area (Å²) >= 11 is 0.454. The fraction of sp³-hybridized carbons (Fsp3) is 0.529. The maximum Gasteiger partial charge on any atom is 0.226 e. The first-order chi connectivity index (χ1) is 21.8. The van der Waals surface area contributed by atoms with Gasteiger partial charge in [0.25, 0.3) is 0 Å². The first kappa shape index (κ1) is 31.7. The fourth-order valence-electron chi connectivity index (χ4n) is 9.40. The summed E-state index contributed by atoms with van der Waals surface area (Å²) in [6.45, 7) is 3.56. The summed E-state index contributed by atoms with van der Waals surface area (Å²) in [7, 11) is 0. The van der Waals surface area contributed by atoms with Crippen LogP contribution in [0.15, 0.2) is 60.5 Å². The van der Waals surface area contributed by atoms with Gasteiger partial charge in [-0.25, -0.2) is 13.2 Å². The number of hydrogen-bond acceptors (Lipinski definition) is 8. The SMILES string of the molecule is C[C@]12C=CC(=O)C=C1[C@@H](F)C[C@H]1[C@@H]3C[C@H]4O[C@@H](c5ccn(Cc6ccc(CO)c(N)c6)c5)O[C@@]4(C(=O)SCF)[C@@]3(C)C[C@H](O)[C@@]12F. The Hall–Kier alpha value is -2.90. The van der Waals surface area contributed by atoms with E-state index in [1.165, 1.54) is 19.1 Å². The smallest absolute Gasteiger partial charge is 0.226 e. The molecule has 0 spiro atoms. The van der Waals surface area contributed by atoms with E-state index in [0.29, 0.717) is 35.1 Å². The van der Waals surface area contributed by atoms with Gasteiger partial charge in [0.05, 0.1) is 18.8 Å². The van der Waals surface area contributed by atoms with Gasteiger partial charge in [-0.1, -0.05) is 36.9 Å². The standard InChI is InChI=1S/C34H37F3N2O6S/c1-31-7-5-21(41)10-24(31)25(36)11-23-22-12-28-34(30(43)46-17-35,32(22,2)13-27(42)33(23,31)37)45-29(44-28)19-6-8-39(15-19)14-18-3-4-20(16-40)26(38)9-18/h3-10,15,22-23,25,27-29,40,42H,11-14,16-17,38H2,1-2H3/t22-,23-,25-,27-,28+,29+,31-,32-,33-,34-/m0/s1. The molecule has 1 aromatic heterocycles. The number of aliphatic hydroxyl groups is 2. The third-order valence-electron chi connectivity index (χ3n) is 11.6. The van der Waals surface area contributed by atoms with Crippen LogP contribution in [-0.4, -0.2) is 61.3 Å². The monoisotopic (exact) mass is 658 g/mol. The fourth-order valence-corrected chi connectivity index (χ4v) is 10.1. The molecule has 7 rings (SSSR count). The number of aromatic nitrogens is 1. The van der Waals surface area contributed by atoms with E-state index in [1.54, 1.807) is 25.1 Å². The summed E-state index contributed by atoms with van der Waals surface area (Å²) in [6, 6.07) is 6.20. The maximum absolute atomic E-state index is 17.6. The molecule has 5 aliphatic rings. The minimum atomic E-state index is -2.33. The average molecular weight is 659 g/mol. The van der Waals surface area contributed by atoms with E-state index in [4.69, 9.17) is 15.2 Å². The van der Waals surface area contributed by atoms with E-state index >= 15 is 8.78 Å². The van der Waals surface area contributed by atoms with Gasteiger partial charge in [-0.3, -0.25) is 9.59 Å². The first-order valence-electron chi connectivity index (χ1n) is 15.5. The van der Waals surface area contributed by atoms with Crippen molar-refractivity contribution in [3.05, 3.63) is 77.2 Å². The summed E-state index contributed by atoms with van der Waals surface area (Å²) in [5.74, 6) is -2.10. The topological polar surface area (TPSA) is 124 Å². The Balaban J connectivity index is 1.21. The summed E-state index contributed by atoms with van der Waals surface area (Å²) in [4.78, 5) is 26.1. The zero-order valence-corrected chi connectivity index (χ0v) is 26.3. The molecule has 46 heavy (non-hydrogen) atoms. The third-order valence-corrected chi connectivity index (χ3v) is 12.3. The molecule has 0 amide bonds. The Morgan fingerprint density at radius 1 is 1.22 bits per heavy atom. The van der Waals surface area contributed by atoms with Crippen molar-refractivity contribution >= 4 is 28.3 Å². The van der Waals surface area contributed by atoms with Crippen LogP contribution >= 0.6 is 11.8 Å². The summed E-state index contributed by atoms with van der Waals surface area (Å²) in [5.41, 5.74) is 1.85. The van der Waals surface area contributed by atoms with Gasteiger partial charge in [0.15, 0.2) is 23.3 Å². The van der Waals surface area contributed by atoms with Crippen LogP contribution in [0.2, 0.25) is 0 Å². The van der Waals surface area contributed by atoms with Crippen LogP contribution in [0.1, 0.15) is 56.1 Å². The number of benzene rings is 1. The van der Waals surface area contributed by atoms with Gasteiger partial charge in [-0.15, -0.1) is 0 Å². The van der Waals surface area contributed by atoms with Crippen LogP contribution in [0.3, 0.4) is 0 Å². The van der Waals surface area contributed by atoms with Crippen LogP contribution in [0.25, 0.3) is 0 Å². The number of carbonyl (C=O) groups is 2. The lowest BCUT2D eigenvalue weighted by Crippen LogP contribution is -2.70. The van der Waals surface area contributed by atoms with Crippen molar-refractivity contribution in [1.29, 1.82) is 0 Å². The van der Waals surface area contributed by atoms with Gasteiger partial charge in [0.1, 0.15) is 12.2 Å². The lowest BCUT2D eigenvalue weighted by atomic mass is 9.44. The quantitative estimate of drug-likeness (QED) is 0.376. The average Bonchev–Trinajstić information content (AvgIpc) is 3.69. The molecule has 12 heteroatoms. The van der Waals surface area contributed by atoms with E-state index in [1.807, 2.05) is 23.0 Å². The van der Waals surface area contributed by atoms with Crippen LogP contribution < -0.4 is 5.73 Å². The van der Waals surface area contributed by atoms with Gasteiger partial charge in [-0.2, -0.15) is 0 Å². The number of alkyl halides is 3. The molecule has 1 aliphatic heterocycles. The minimum absolute atomic E-state index is 0.0162. The molecule has 8 nitrogen and oxygen atoms in total. The maximum atomic E-state index is 17.6. The Morgan fingerprint density at radius 2 is 2.00 bits per heavy atom. The van der Waals surface area contributed by atoms with E-state index in [-0.39, 0.29) is 31.4 Å². The number of aliphatic hydroxyl groups excluding tert-OH is 2. The van der Waals surface area contributed by atoms with Gasteiger partial charge in [-0.05, 0) is 67.5 Å². The Bertz CT molecular complexity index is 1660. The van der Waals surface area contributed by atoms with Crippen molar-refractivity contribution in [2.75, 3.05) is 11.7 Å². The minimum Gasteiger partial charge on any atom is -0.398 e. The molecular weight excluding hydrogens is 621 g/mol. The highest BCUT2D eigenvalue weighted by Crippen LogP contribution is 2.73. The van der Waals surface area contributed by atoms with Crippen molar-refractivity contribution in [2.24, 2.45) is 22.7 Å². The lowest BCUT2D eigenvalue weighted by molar-refractivity contribution is -0.232. The summed E-state index contributed by atoms with van der Waals surface area (Å²) in [6.07, 6.45) is 1.87. The third kappa shape index (κ3) is 4.16. The van der Waals surface area contributed by atoms with Crippen molar-refractivity contribution in [2.45, 2.75) is 82.2 Å². The number of ketones is 1. The molecule has 0 unspecified atom stereocenters. The first-order valence-corrected chi connectivity index (χ1v) is 16.5. The second-order valence-electron chi connectivity index (χ2n) is 13.8. The second-order valence-corrected chi connectivity index (χ2v) is 14.6. The second kappa shape index (κ2) is 10.8. The van der Waals surface area contributed by atoms with Crippen LogP contribution in [0.4, 0.5) is 18.9 Å². The highest BCUT2D eigenvalue weighted by Gasteiger charge is 2.80. The van der Waals surface area contributed by atoms with Gasteiger partial charge < -0.3 is 30.0 Å². The predicted molar refractivity (Wildman–Crippen MR) is 164 cm³/mol.